The number of ketones is 1. The molecule has 0 heterocycles. The molecule has 2 nitrogen and oxygen atoms in total. The van der Waals surface area contributed by atoms with E-state index in [9.17, 15) is 4.79 Å². The topological polar surface area (TPSA) is 43.1 Å². The Balaban J connectivity index is 3.13. The van der Waals surface area contributed by atoms with Crippen LogP contribution in [0.25, 0.3) is 0 Å². The third-order valence-electron chi connectivity index (χ3n) is 1.89. The number of hydrogen-bond acceptors (Lipinski definition) is 3. The predicted molar refractivity (Wildman–Crippen MR) is 65.0 cm³/mol. The van der Waals surface area contributed by atoms with Gasteiger partial charge in [0.25, 0.3) is 0 Å². The number of nitrogens with two attached hydrogens (primary N) is 1. The maximum atomic E-state index is 11.2. The maximum absolute atomic E-state index is 11.2. The first-order valence-corrected chi connectivity index (χ1v) is 6.28. The van der Waals surface area contributed by atoms with Gasteiger partial charge in [-0.2, -0.15) is 0 Å². The number of alkyl halides is 1. The van der Waals surface area contributed by atoms with E-state index in [1.165, 1.54) is 0 Å². The van der Waals surface area contributed by atoms with E-state index < -0.39 is 0 Å². The van der Waals surface area contributed by atoms with E-state index in [1.54, 1.807) is 18.7 Å². The lowest BCUT2D eigenvalue weighted by atomic mass is 10.1. The van der Waals surface area contributed by atoms with Crippen LogP contribution in [0.4, 0.5) is 5.69 Å². The van der Waals surface area contributed by atoms with Gasteiger partial charge in [0.15, 0.2) is 0 Å². The number of thioether (sulfide) groups is 1. The van der Waals surface area contributed by atoms with Gasteiger partial charge in [-0.3, -0.25) is 4.79 Å². The zero-order valence-corrected chi connectivity index (χ0v) is 10.5. The van der Waals surface area contributed by atoms with E-state index in [-0.39, 0.29) is 10.6 Å². The molecule has 0 bridgehead atoms. The number of nitrogen functional groups attached to an aromatic ring is 1. The average molecular weight is 274 g/mol. The Morgan fingerprint density at radius 1 is 1.57 bits per heavy atom. The number of rotatable bonds is 3. The molecule has 2 N–H and O–H groups in total. The summed E-state index contributed by atoms with van der Waals surface area (Å²) >= 11 is 4.96. The van der Waals surface area contributed by atoms with Gasteiger partial charge in [0.05, 0.1) is 4.83 Å². The third-order valence-corrected chi connectivity index (χ3v) is 3.82. The van der Waals surface area contributed by atoms with E-state index >= 15 is 0 Å². The molecule has 0 saturated carbocycles. The largest absolute Gasteiger partial charge is 0.399 e. The molecular weight excluding hydrogens is 262 g/mol. The van der Waals surface area contributed by atoms with Crippen molar-refractivity contribution >= 4 is 39.2 Å². The summed E-state index contributed by atoms with van der Waals surface area (Å²) < 4.78 is 0. The third kappa shape index (κ3) is 2.51. The fourth-order valence-corrected chi connectivity index (χ4v) is 2.38. The molecule has 0 aliphatic carbocycles. The lowest BCUT2D eigenvalue weighted by molar-refractivity contribution is -0.116. The number of benzene rings is 1. The minimum atomic E-state index is -0.231. The summed E-state index contributed by atoms with van der Waals surface area (Å²) in [6.45, 7) is 1.57. The van der Waals surface area contributed by atoms with Crippen LogP contribution >= 0.6 is 27.7 Å². The Bertz CT molecular complexity index is 354. The van der Waals surface area contributed by atoms with E-state index in [0.717, 1.165) is 16.1 Å². The fraction of sp³-hybridized carbons (Fsp3) is 0.300. The van der Waals surface area contributed by atoms with Crippen LogP contribution in [0, 0.1) is 0 Å². The first-order chi connectivity index (χ1) is 6.56. The van der Waals surface area contributed by atoms with Crippen LogP contribution in [-0.4, -0.2) is 12.0 Å². The van der Waals surface area contributed by atoms with Crippen molar-refractivity contribution in [2.24, 2.45) is 0 Å². The van der Waals surface area contributed by atoms with Crippen molar-refractivity contribution < 1.29 is 4.79 Å². The lowest BCUT2D eigenvalue weighted by Crippen LogP contribution is -2.03. The van der Waals surface area contributed by atoms with Crippen LogP contribution in [0.2, 0.25) is 0 Å². The van der Waals surface area contributed by atoms with Crippen LogP contribution in [-0.2, 0) is 4.79 Å². The van der Waals surface area contributed by atoms with Crippen LogP contribution in [0.1, 0.15) is 17.3 Å². The molecule has 76 valence electrons. The van der Waals surface area contributed by atoms with Crippen LogP contribution in [0.5, 0.6) is 0 Å². The Labute approximate surface area is 96.4 Å². The summed E-state index contributed by atoms with van der Waals surface area (Å²) in [4.78, 5) is 12.0. The standard InChI is InChI=1S/C10H12BrNOS/c1-6(13)10(11)8-4-3-7(12)5-9(8)14-2/h3-5,10H,12H2,1-2H3. The zero-order chi connectivity index (χ0) is 10.7. The van der Waals surface area contributed by atoms with E-state index in [0.29, 0.717) is 0 Å². The minimum absolute atomic E-state index is 0.102. The van der Waals surface area contributed by atoms with Crippen molar-refractivity contribution in [2.75, 3.05) is 12.0 Å². The number of carbonyl (C=O) groups excluding carboxylic acids is 1. The SMILES string of the molecule is CSc1cc(N)ccc1C(Br)C(C)=O. The summed E-state index contributed by atoms with van der Waals surface area (Å²) in [5.41, 5.74) is 7.37. The quantitative estimate of drug-likeness (QED) is 0.523. The Kier molecular flexibility index (Phi) is 4.01. The first kappa shape index (κ1) is 11.6. The highest BCUT2D eigenvalue weighted by Gasteiger charge is 2.16. The first-order valence-electron chi connectivity index (χ1n) is 4.14. The Morgan fingerprint density at radius 3 is 2.71 bits per heavy atom. The number of halogens is 1. The summed E-state index contributed by atoms with van der Waals surface area (Å²) in [6.07, 6.45) is 1.97. The molecule has 1 rings (SSSR count). The summed E-state index contributed by atoms with van der Waals surface area (Å²) in [6, 6.07) is 5.59. The van der Waals surface area contributed by atoms with Gasteiger partial charge in [-0.25, -0.2) is 0 Å². The van der Waals surface area contributed by atoms with Crippen molar-refractivity contribution in [2.45, 2.75) is 16.6 Å². The molecular formula is C10H12BrNOS. The van der Waals surface area contributed by atoms with Crippen molar-refractivity contribution in [1.29, 1.82) is 0 Å². The molecule has 0 aliphatic heterocycles. The van der Waals surface area contributed by atoms with Gasteiger partial charge < -0.3 is 5.73 Å². The molecule has 0 radical (unpaired) electrons. The van der Waals surface area contributed by atoms with Gasteiger partial charge in [-0.1, -0.05) is 22.0 Å². The number of carbonyl (C=O) groups is 1. The highest BCUT2D eigenvalue weighted by Crippen LogP contribution is 2.33. The van der Waals surface area contributed by atoms with Crippen LogP contribution in [0.15, 0.2) is 23.1 Å². The van der Waals surface area contributed by atoms with Crippen molar-refractivity contribution in [3.8, 4) is 0 Å². The number of Topliss-reactive ketones (excluding diaryl/α,β-unsaturated/α-hetero) is 1. The van der Waals surface area contributed by atoms with E-state index in [1.807, 2.05) is 24.5 Å². The molecule has 14 heavy (non-hydrogen) atoms. The van der Waals surface area contributed by atoms with E-state index in [4.69, 9.17) is 5.73 Å². The van der Waals surface area contributed by atoms with Crippen molar-refractivity contribution in [3.05, 3.63) is 23.8 Å². The molecule has 1 atom stereocenters. The normalized spacial score (nSPS) is 12.5. The molecule has 0 aromatic heterocycles. The second-order valence-corrected chi connectivity index (χ2v) is 4.74. The summed E-state index contributed by atoms with van der Waals surface area (Å²) in [7, 11) is 0. The Hall–Kier alpha value is -0.480. The lowest BCUT2D eigenvalue weighted by Gasteiger charge is -2.11. The monoisotopic (exact) mass is 273 g/mol. The smallest absolute Gasteiger partial charge is 0.147 e. The van der Waals surface area contributed by atoms with Crippen molar-refractivity contribution in [3.63, 3.8) is 0 Å². The second-order valence-electron chi connectivity index (χ2n) is 2.97. The predicted octanol–water partition coefficient (Wildman–Crippen LogP) is 3.02. The number of hydrogen-bond donors (Lipinski definition) is 1. The van der Waals surface area contributed by atoms with Gasteiger partial charge in [-0.15, -0.1) is 11.8 Å². The molecule has 1 unspecified atom stereocenters. The molecule has 1 aromatic rings. The molecule has 1 aromatic carbocycles. The van der Waals surface area contributed by atoms with Gasteiger partial charge in [0, 0.05) is 10.6 Å². The highest BCUT2D eigenvalue weighted by molar-refractivity contribution is 9.09. The fourth-order valence-electron chi connectivity index (χ4n) is 1.16. The Morgan fingerprint density at radius 2 is 2.21 bits per heavy atom. The van der Waals surface area contributed by atoms with Gasteiger partial charge in [0.2, 0.25) is 0 Å². The molecule has 0 spiro atoms. The zero-order valence-electron chi connectivity index (χ0n) is 8.08. The second kappa shape index (κ2) is 4.84. The van der Waals surface area contributed by atoms with Gasteiger partial charge >= 0.3 is 0 Å². The molecule has 0 amide bonds. The average Bonchev–Trinajstić information content (AvgIpc) is 2.16. The summed E-state index contributed by atoms with van der Waals surface area (Å²) in [5.74, 6) is 0.102. The van der Waals surface area contributed by atoms with Crippen molar-refractivity contribution in [1.82, 2.24) is 0 Å². The number of anilines is 1. The molecule has 0 saturated heterocycles. The molecule has 0 fully saturated rings. The van der Waals surface area contributed by atoms with Crippen LogP contribution in [0.3, 0.4) is 0 Å². The minimum Gasteiger partial charge on any atom is -0.399 e. The maximum Gasteiger partial charge on any atom is 0.147 e. The van der Waals surface area contributed by atoms with Gasteiger partial charge in [0.1, 0.15) is 5.78 Å². The summed E-state index contributed by atoms with van der Waals surface area (Å²) in [5, 5.41) is 0. The highest BCUT2D eigenvalue weighted by atomic mass is 79.9. The van der Waals surface area contributed by atoms with E-state index in [2.05, 4.69) is 15.9 Å². The molecule has 0 aliphatic rings. The van der Waals surface area contributed by atoms with Gasteiger partial charge in [-0.05, 0) is 30.9 Å². The molecule has 4 heteroatoms. The van der Waals surface area contributed by atoms with Crippen LogP contribution < -0.4 is 5.73 Å².